The molecule has 4 heterocycles. The lowest BCUT2D eigenvalue weighted by molar-refractivity contribution is -0.137. The Morgan fingerprint density at radius 2 is 1.81 bits per heavy atom. The number of fused-ring (bicyclic) bond motifs is 1. The zero-order valence-electron chi connectivity index (χ0n) is 17.9. The number of aromatic amines is 1. The second-order valence-corrected chi connectivity index (χ2v) is 9.87. The van der Waals surface area contributed by atoms with E-state index in [4.69, 9.17) is 0 Å². The summed E-state index contributed by atoms with van der Waals surface area (Å²) >= 11 is 1.53. The van der Waals surface area contributed by atoms with Crippen LogP contribution in [0.25, 0.3) is 16.5 Å². The molecule has 31 heavy (non-hydrogen) atoms. The molecule has 0 bridgehead atoms. The Balaban J connectivity index is 1.45. The first kappa shape index (κ1) is 20.1. The van der Waals surface area contributed by atoms with Crippen molar-refractivity contribution in [2.45, 2.75) is 26.7 Å². The van der Waals surface area contributed by atoms with Crippen LogP contribution < -0.4 is 0 Å². The predicted octanol–water partition coefficient (Wildman–Crippen LogP) is 4.53. The first-order valence-corrected chi connectivity index (χ1v) is 11.8. The summed E-state index contributed by atoms with van der Waals surface area (Å²) in [6.07, 6.45) is 3.78. The number of hydrogen-bond donors (Lipinski definition) is 1. The van der Waals surface area contributed by atoms with Crippen LogP contribution in [0.1, 0.15) is 30.7 Å². The lowest BCUT2D eigenvalue weighted by atomic mass is 9.91. The fourth-order valence-corrected chi connectivity index (χ4v) is 5.88. The normalized spacial score (nSPS) is 22.3. The summed E-state index contributed by atoms with van der Waals surface area (Å²) in [4.78, 5) is 34.8. The van der Waals surface area contributed by atoms with Gasteiger partial charge in [-0.05, 0) is 47.8 Å². The maximum absolute atomic E-state index is 13.6. The Labute approximate surface area is 186 Å². The molecule has 5 rings (SSSR count). The van der Waals surface area contributed by atoms with Gasteiger partial charge in [0.05, 0.1) is 5.57 Å². The molecule has 1 aromatic carbocycles. The van der Waals surface area contributed by atoms with Gasteiger partial charge in [-0.3, -0.25) is 14.5 Å². The number of hydrogen-bond acceptors (Lipinski definition) is 4. The van der Waals surface area contributed by atoms with Gasteiger partial charge in [0.1, 0.15) is 5.70 Å². The lowest BCUT2D eigenvalue weighted by Gasteiger charge is -2.37. The van der Waals surface area contributed by atoms with Crippen LogP contribution in [0.2, 0.25) is 0 Å². The summed E-state index contributed by atoms with van der Waals surface area (Å²) in [5.41, 5.74) is 3.39. The standard InChI is InChI=1S/C25H27N3O2S/c1-16-12-17(2)15-27(14-16)23-22(21-8-5-11-31-21)24(29)28(25(23)30)10-9-18-13-26-20-7-4-3-6-19(18)20/h3-8,11,13,16-17,26H,9-10,12,14-15H2,1-2H3. The number of nitrogens with zero attached hydrogens (tertiary/aromatic N) is 2. The first-order chi connectivity index (χ1) is 15.0. The number of carbonyl (C=O) groups excluding carboxylic acids is 2. The Morgan fingerprint density at radius 3 is 2.55 bits per heavy atom. The minimum Gasteiger partial charge on any atom is -0.366 e. The van der Waals surface area contributed by atoms with E-state index in [9.17, 15) is 9.59 Å². The van der Waals surface area contributed by atoms with E-state index in [1.165, 1.54) is 16.2 Å². The topological polar surface area (TPSA) is 56.4 Å². The molecular formula is C25H27N3O2S. The van der Waals surface area contributed by atoms with Crippen molar-refractivity contribution in [3.63, 3.8) is 0 Å². The highest BCUT2D eigenvalue weighted by atomic mass is 32.1. The van der Waals surface area contributed by atoms with Gasteiger partial charge < -0.3 is 9.88 Å². The van der Waals surface area contributed by atoms with Crippen LogP contribution in [-0.2, 0) is 16.0 Å². The van der Waals surface area contributed by atoms with Gasteiger partial charge in [-0.1, -0.05) is 38.1 Å². The highest BCUT2D eigenvalue weighted by Gasteiger charge is 2.43. The molecule has 0 aliphatic carbocycles. The molecule has 6 heteroatoms. The molecule has 1 fully saturated rings. The van der Waals surface area contributed by atoms with Gasteiger partial charge in [0.25, 0.3) is 11.8 Å². The highest BCUT2D eigenvalue weighted by molar-refractivity contribution is 7.11. The predicted molar refractivity (Wildman–Crippen MR) is 124 cm³/mol. The van der Waals surface area contributed by atoms with E-state index in [1.807, 2.05) is 41.9 Å². The summed E-state index contributed by atoms with van der Waals surface area (Å²) in [6, 6.07) is 12.0. The maximum atomic E-state index is 13.6. The van der Waals surface area contributed by atoms with Crippen molar-refractivity contribution in [2.75, 3.05) is 19.6 Å². The Bertz CT molecular complexity index is 1150. The number of rotatable bonds is 5. The minimum absolute atomic E-state index is 0.144. The number of likely N-dealkylation sites (tertiary alicyclic amines) is 1. The Hall–Kier alpha value is -2.86. The average Bonchev–Trinajstić information content (AvgIpc) is 3.45. The molecule has 0 radical (unpaired) electrons. The van der Waals surface area contributed by atoms with Gasteiger partial charge >= 0.3 is 0 Å². The van der Waals surface area contributed by atoms with Gasteiger partial charge in [0.15, 0.2) is 0 Å². The van der Waals surface area contributed by atoms with Crippen molar-refractivity contribution in [2.24, 2.45) is 11.8 Å². The summed E-state index contributed by atoms with van der Waals surface area (Å²) in [7, 11) is 0. The van der Waals surface area contributed by atoms with Crippen LogP contribution in [-0.4, -0.2) is 46.2 Å². The Morgan fingerprint density at radius 1 is 1.03 bits per heavy atom. The van der Waals surface area contributed by atoms with E-state index < -0.39 is 0 Å². The van der Waals surface area contributed by atoms with Gasteiger partial charge in [-0.25, -0.2) is 0 Å². The summed E-state index contributed by atoms with van der Waals surface area (Å²) in [5.74, 6) is 0.704. The van der Waals surface area contributed by atoms with Crippen molar-refractivity contribution in [1.82, 2.24) is 14.8 Å². The van der Waals surface area contributed by atoms with E-state index in [1.54, 1.807) is 0 Å². The smallest absolute Gasteiger partial charge is 0.277 e. The third-order valence-corrected chi connectivity index (χ3v) is 7.26. The number of nitrogens with one attached hydrogen (secondary N) is 1. The number of carbonyl (C=O) groups is 2. The fraction of sp³-hybridized carbons (Fsp3) is 0.360. The SMILES string of the molecule is CC1CC(C)CN(C2=C(c3cccs3)C(=O)N(CCc3c[nH]c4ccccc34)C2=O)C1. The zero-order chi connectivity index (χ0) is 21.5. The van der Waals surface area contributed by atoms with Crippen molar-refractivity contribution in [1.29, 1.82) is 0 Å². The third kappa shape index (κ3) is 3.59. The molecule has 5 nitrogen and oxygen atoms in total. The summed E-state index contributed by atoms with van der Waals surface area (Å²) in [6.45, 7) is 6.48. The van der Waals surface area contributed by atoms with Gasteiger partial charge in [0.2, 0.25) is 0 Å². The monoisotopic (exact) mass is 433 g/mol. The van der Waals surface area contributed by atoms with E-state index in [0.717, 1.165) is 40.9 Å². The molecule has 1 N–H and O–H groups in total. The van der Waals surface area contributed by atoms with Crippen LogP contribution in [0.15, 0.2) is 53.7 Å². The molecular weight excluding hydrogens is 406 g/mol. The lowest BCUT2D eigenvalue weighted by Crippen LogP contribution is -2.42. The number of imide groups is 1. The number of amides is 2. The number of H-pyrrole nitrogens is 1. The number of piperidine rings is 1. The quantitative estimate of drug-likeness (QED) is 0.602. The second kappa shape index (κ2) is 8.00. The molecule has 0 saturated carbocycles. The molecule has 2 unspecified atom stereocenters. The maximum Gasteiger partial charge on any atom is 0.277 e. The zero-order valence-corrected chi connectivity index (χ0v) is 18.7. The molecule has 0 spiro atoms. The van der Waals surface area contributed by atoms with Crippen LogP contribution in [0, 0.1) is 11.8 Å². The molecule has 2 aliphatic heterocycles. The van der Waals surface area contributed by atoms with Gasteiger partial charge in [0, 0.05) is 41.6 Å². The average molecular weight is 434 g/mol. The van der Waals surface area contributed by atoms with E-state index in [-0.39, 0.29) is 11.8 Å². The van der Waals surface area contributed by atoms with Crippen LogP contribution in [0.5, 0.6) is 0 Å². The van der Waals surface area contributed by atoms with Crippen molar-refractivity contribution in [3.8, 4) is 0 Å². The van der Waals surface area contributed by atoms with Crippen LogP contribution >= 0.6 is 11.3 Å². The molecule has 2 atom stereocenters. The number of aromatic nitrogens is 1. The number of para-hydroxylation sites is 1. The van der Waals surface area contributed by atoms with Crippen molar-refractivity contribution < 1.29 is 9.59 Å². The van der Waals surface area contributed by atoms with E-state index in [0.29, 0.717) is 36.1 Å². The largest absolute Gasteiger partial charge is 0.366 e. The summed E-state index contributed by atoms with van der Waals surface area (Å²) in [5, 5.41) is 3.11. The molecule has 2 aliphatic rings. The van der Waals surface area contributed by atoms with Crippen LogP contribution in [0.3, 0.4) is 0 Å². The Kier molecular flexibility index (Phi) is 5.18. The molecule has 2 amide bonds. The van der Waals surface area contributed by atoms with E-state index >= 15 is 0 Å². The number of benzene rings is 1. The molecule has 1 saturated heterocycles. The van der Waals surface area contributed by atoms with Gasteiger partial charge in [-0.15, -0.1) is 11.3 Å². The minimum atomic E-state index is -0.159. The third-order valence-electron chi connectivity index (χ3n) is 6.38. The second-order valence-electron chi connectivity index (χ2n) is 8.92. The van der Waals surface area contributed by atoms with Crippen LogP contribution in [0.4, 0.5) is 0 Å². The van der Waals surface area contributed by atoms with E-state index in [2.05, 4.69) is 29.8 Å². The number of thiophene rings is 1. The first-order valence-electron chi connectivity index (χ1n) is 11.0. The fourth-order valence-electron chi connectivity index (χ4n) is 5.12. The highest BCUT2D eigenvalue weighted by Crippen LogP contribution is 2.36. The van der Waals surface area contributed by atoms with Gasteiger partial charge in [-0.2, -0.15) is 0 Å². The molecule has 160 valence electrons. The molecule has 2 aromatic heterocycles. The molecule has 3 aromatic rings. The van der Waals surface area contributed by atoms with Crippen molar-refractivity contribution in [3.05, 3.63) is 64.1 Å². The summed E-state index contributed by atoms with van der Waals surface area (Å²) < 4.78 is 0. The van der Waals surface area contributed by atoms with Crippen molar-refractivity contribution >= 4 is 39.6 Å².